The average molecular weight is 235 g/mol. The van der Waals surface area contributed by atoms with Gasteiger partial charge in [-0.05, 0) is 17.7 Å². The van der Waals surface area contributed by atoms with Crippen LogP contribution in [0.2, 0.25) is 0 Å². The SMILES string of the molecule is C#CC1CC(=O)N(Cc2ccc(F)c(F)c2)C1. The molecule has 0 aliphatic carbocycles. The molecule has 1 heterocycles. The van der Waals surface area contributed by atoms with Crippen LogP contribution < -0.4 is 0 Å². The number of rotatable bonds is 2. The van der Waals surface area contributed by atoms with Gasteiger partial charge in [-0.2, -0.15) is 0 Å². The Bertz CT molecular complexity index is 493. The molecule has 2 nitrogen and oxygen atoms in total. The number of nitrogens with zero attached hydrogens (tertiary/aromatic N) is 1. The zero-order valence-electron chi connectivity index (χ0n) is 9.12. The minimum Gasteiger partial charge on any atom is -0.337 e. The molecule has 1 aliphatic heterocycles. The molecular formula is C13H11F2NO. The molecule has 2 rings (SSSR count). The molecule has 1 atom stereocenters. The highest BCUT2D eigenvalue weighted by Crippen LogP contribution is 2.20. The fraction of sp³-hybridized carbons (Fsp3) is 0.308. The number of benzene rings is 1. The Morgan fingerprint density at radius 1 is 1.41 bits per heavy atom. The Labute approximate surface area is 98.2 Å². The smallest absolute Gasteiger partial charge is 0.224 e. The van der Waals surface area contributed by atoms with Crippen molar-refractivity contribution in [2.75, 3.05) is 6.54 Å². The summed E-state index contributed by atoms with van der Waals surface area (Å²) in [5.74, 6) is 0.628. The lowest BCUT2D eigenvalue weighted by Crippen LogP contribution is -2.24. The van der Waals surface area contributed by atoms with Crippen LogP contribution in [-0.4, -0.2) is 17.4 Å². The molecule has 0 spiro atoms. The molecule has 1 unspecified atom stereocenters. The lowest BCUT2D eigenvalue weighted by Gasteiger charge is -2.15. The van der Waals surface area contributed by atoms with Crippen LogP contribution in [0.25, 0.3) is 0 Å². The topological polar surface area (TPSA) is 20.3 Å². The summed E-state index contributed by atoms with van der Waals surface area (Å²) in [6.45, 7) is 0.753. The van der Waals surface area contributed by atoms with Gasteiger partial charge in [0.25, 0.3) is 0 Å². The molecule has 88 valence electrons. The van der Waals surface area contributed by atoms with Gasteiger partial charge in [-0.3, -0.25) is 4.79 Å². The van der Waals surface area contributed by atoms with Gasteiger partial charge in [0.05, 0.1) is 0 Å². The number of amides is 1. The highest BCUT2D eigenvalue weighted by molar-refractivity contribution is 5.79. The molecular weight excluding hydrogens is 224 g/mol. The largest absolute Gasteiger partial charge is 0.337 e. The number of carbonyl (C=O) groups excluding carboxylic acids is 1. The van der Waals surface area contributed by atoms with Crippen molar-refractivity contribution in [3.63, 3.8) is 0 Å². The third kappa shape index (κ3) is 2.44. The van der Waals surface area contributed by atoms with Crippen molar-refractivity contribution in [3.8, 4) is 12.3 Å². The Morgan fingerprint density at radius 3 is 2.76 bits per heavy atom. The van der Waals surface area contributed by atoms with Gasteiger partial charge >= 0.3 is 0 Å². The van der Waals surface area contributed by atoms with E-state index < -0.39 is 11.6 Å². The first kappa shape index (κ1) is 11.6. The molecule has 0 N–H and O–H groups in total. The zero-order chi connectivity index (χ0) is 12.4. The van der Waals surface area contributed by atoms with Crippen molar-refractivity contribution in [1.29, 1.82) is 0 Å². The summed E-state index contributed by atoms with van der Waals surface area (Å²) in [4.78, 5) is 13.1. The maximum atomic E-state index is 13.0. The molecule has 1 aromatic carbocycles. The molecule has 0 radical (unpaired) electrons. The number of halogens is 2. The van der Waals surface area contributed by atoms with Gasteiger partial charge in [0.1, 0.15) is 0 Å². The molecule has 1 aromatic rings. The fourth-order valence-electron chi connectivity index (χ4n) is 1.90. The summed E-state index contributed by atoms with van der Waals surface area (Å²) in [7, 11) is 0. The Balaban J connectivity index is 2.09. The van der Waals surface area contributed by atoms with E-state index in [0.717, 1.165) is 12.1 Å². The third-order valence-electron chi connectivity index (χ3n) is 2.81. The van der Waals surface area contributed by atoms with Crippen LogP contribution in [0.15, 0.2) is 18.2 Å². The van der Waals surface area contributed by atoms with Crippen molar-refractivity contribution in [2.24, 2.45) is 5.92 Å². The predicted octanol–water partition coefficient (Wildman–Crippen LogP) is 1.95. The van der Waals surface area contributed by atoms with Crippen LogP contribution >= 0.6 is 0 Å². The van der Waals surface area contributed by atoms with Gasteiger partial charge < -0.3 is 4.90 Å². The molecule has 1 aliphatic rings. The molecule has 1 saturated heterocycles. The second-order valence-electron chi connectivity index (χ2n) is 4.09. The second-order valence-corrected chi connectivity index (χ2v) is 4.09. The van der Waals surface area contributed by atoms with Crippen molar-refractivity contribution < 1.29 is 13.6 Å². The van der Waals surface area contributed by atoms with E-state index in [9.17, 15) is 13.6 Å². The van der Waals surface area contributed by atoms with Gasteiger partial charge in [0.2, 0.25) is 5.91 Å². The van der Waals surface area contributed by atoms with Crippen LogP contribution in [-0.2, 0) is 11.3 Å². The van der Waals surface area contributed by atoms with E-state index in [4.69, 9.17) is 6.42 Å². The number of carbonyl (C=O) groups is 1. The van der Waals surface area contributed by atoms with Crippen molar-refractivity contribution in [2.45, 2.75) is 13.0 Å². The predicted molar refractivity (Wildman–Crippen MR) is 58.7 cm³/mol. The molecule has 4 heteroatoms. The molecule has 1 fully saturated rings. The maximum Gasteiger partial charge on any atom is 0.224 e. The van der Waals surface area contributed by atoms with Crippen molar-refractivity contribution in [3.05, 3.63) is 35.4 Å². The molecule has 0 bridgehead atoms. The minimum atomic E-state index is -0.900. The molecule has 0 saturated carbocycles. The van der Waals surface area contributed by atoms with Crippen LogP contribution in [0, 0.1) is 29.9 Å². The van der Waals surface area contributed by atoms with Gasteiger partial charge in [-0.1, -0.05) is 6.07 Å². The zero-order valence-corrected chi connectivity index (χ0v) is 9.12. The van der Waals surface area contributed by atoms with E-state index in [2.05, 4.69) is 5.92 Å². The lowest BCUT2D eigenvalue weighted by atomic mass is 10.1. The maximum absolute atomic E-state index is 13.0. The summed E-state index contributed by atoms with van der Waals surface area (Å²) >= 11 is 0. The van der Waals surface area contributed by atoms with Gasteiger partial charge in [-0.25, -0.2) is 8.78 Å². The number of likely N-dealkylation sites (tertiary alicyclic amines) is 1. The monoisotopic (exact) mass is 235 g/mol. The normalized spacial score (nSPS) is 19.5. The molecule has 0 aromatic heterocycles. The van der Waals surface area contributed by atoms with Gasteiger partial charge in [-0.15, -0.1) is 12.3 Å². The quantitative estimate of drug-likeness (QED) is 0.717. The van der Waals surface area contributed by atoms with Crippen LogP contribution in [0.5, 0.6) is 0 Å². The lowest BCUT2D eigenvalue weighted by molar-refractivity contribution is -0.128. The summed E-state index contributed by atoms with van der Waals surface area (Å²) in [6.07, 6.45) is 5.59. The Kier molecular flexibility index (Phi) is 3.10. The minimum absolute atomic E-state index is 0.0438. The van der Waals surface area contributed by atoms with Crippen LogP contribution in [0.4, 0.5) is 8.78 Å². The van der Waals surface area contributed by atoms with Gasteiger partial charge in [0.15, 0.2) is 11.6 Å². The summed E-state index contributed by atoms with van der Waals surface area (Å²) in [5, 5.41) is 0. The second kappa shape index (κ2) is 4.54. The number of hydrogen-bond donors (Lipinski definition) is 0. The number of terminal acetylenes is 1. The van der Waals surface area contributed by atoms with E-state index >= 15 is 0 Å². The van der Waals surface area contributed by atoms with Crippen LogP contribution in [0.1, 0.15) is 12.0 Å². The standard InChI is InChI=1S/C13H11F2NO/c1-2-9-6-13(17)16(7-9)8-10-3-4-11(14)12(15)5-10/h1,3-5,9H,6-8H2. The van der Waals surface area contributed by atoms with E-state index in [1.807, 2.05) is 0 Å². The van der Waals surface area contributed by atoms with E-state index in [-0.39, 0.29) is 18.4 Å². The van der Waals surface area contributed by atoms with Gasteiger partial charge in [0, 0.05) is 25.4 Å². The summed E-state index contributed by atoms with van der Waals surface area (Å²) in [5.41, 5.74) is 0.565. The highest BCUT2D eigenvalue weighted by Gasteiger charge is 2.28. The first-order chi connectivity index (χ1) is 8.10. The Hall–Kier alpha value is -1.89. The van der Waals surface area contributed by atoms with E-state index in [1.165, 1.54) is 6.07 Å². The fourth-order valence-corrected chi connectivity index (χ4v) is 1.90. The van der Waals surface area contributed by atoms with Crippen LogP contribution in [0.3, 0.4) is 0 Å². The van der Waals surface area contributed by atoms with Crippen molar-refractivity contribution >= 4 is 5.91 Å². The average Bonchev–Trinajstić information content (AvgIpc) is 2.65. The van der Waals surface area contributed by atoms with E-state index in [1.54, 1.807) is 4.90 Å². The number of hydrogen-bond acceptors (Lipinski definition) is 1. The highest BCUT2D eigenvalue weighted by atomic mass is 19.2. The molecule has 1 amide bonds. The van der Waals surface area contributed by atoms with Crippen molar-refractivity contribution in [1.82, 2.24) is 4.90 Å². The summed E-state index contributed by atoms with van der Waals surface area (Å²) < 4.78 is 25.7. The first-order valence-corrected chi connectivity index (χ1v) is 5.28. The van der Waals surface area contributed by atoms with E-state index in [0.29, 0.717) is 18.5 Å². The first-order valence-electron chi connectivity index (χ1n) is 5.28. The summed E-state index contributed by atoms with van der Waals surface area (Å²) in [6, 6.07) is 3.63. The third-order valence-corrected chi connectivity index (χ3v) is 2.81. The Morgan fingerprint density at radius 2 is 2.18 bits per heavy atom. The molecule has 17 heavy (non-hydrogen) atoms.